The maximum absolute atomic E-state index is 11.8. The molecule has 0 aromatic heterocycles. The van der Waals surface area contributed by atoms with Crippen molar-refractivity contribution in [3.05, 3.63) is 70.6 Å². The first-order valence-corrected chi connectivity index (χ1v) is 8.08. The fourth-order valence-corrected chi connectivity index (χ4v) is 2.91. The van der Waals surface area contributed by atoms with Gasteiger partial charge in [-0.25, -0.2) is 4.31 Å². The number of rotatable bonds is 7. The van der Waals surface area contributed by atoms with Crippen molar-refractivity contribution in [2.75, 3.05) is 10.8 Å². The van der Waals surface area contributed by atoms with Crippen LogP contribution in [-0.2, 0) is 23.3 Å². The summed E-state index contributed by atoms with van der Waals surface area (Å²) >= 11 is 0. The zero-order valence-electron chi connectivity index (χ0n) is 11.8. The maximum Gasteiger partial charge on any atom is 0.360 e. The lowest BCUT2D eigenvalue weighted by atomic mass is 10.1. The summed E-state index contributed by atoms with van der Waals surface area (Å²) in [5.41, 5.74) is 1.72. The normalized spacial score (nSPS) is 11.1. The van der Waals surface area contributed by atoms with Gasteiger partial charge in [0.25, 0.3) is 0 Å². The van der Waals surface area contributed by atoms with E-state index in [4.69, 9.17) is 0 Å². The molecule has 0 radical (unpaired) electrons. The van der Waals surface area contributed by atoms with Crippen LogP contribution in [0.2, 0.25) is 0 Å². The lowest BCUT2D eigenvalue weighted by Crippen LogP contribution is -2.30. The van der Waals surface area contributed by atoms with Crippen molar-refractivity contribution < 1.29 is 13.0 Å². The maximum atomic E-state index is 11.8. The Morgan fingerprint density at radius 3 is 2.27 bits per heavy atom. The molecule has 0 atom stereocenters. The molecule has 2 rings (SSSR count). The lowest BCUT2D eigenvalue weighted by molar-refractivity contribution is 0.477. The molecule has 0 fully saturated rings. The van der Waals surface area contributed by atoms with Gasteiger partial charge in [-0.2, -0.15) is 13.3 Å². The molecule has 0 amide bonds. The van der Waals surface area contributed by atoms with Gasteiger partial charge >= 0.3 is 10.3 Å². The van der Waals surface area contributed by atoms with Crippen LogP contribution in [0.15, 0.2) is 59.8 Å². The Labute approximate surface area is 129 Å². The van der Waals surface area contributed by atoms with Crippen LogP contribution in [0.3, 0.4) is 0 Å². The average molecular weight is 320 g/mol. The van der Waals surface area contributed by atoms with Crippen molar-refractivity contribution in [2.45, 2.75) is 13.0 Å². The summed E-state index contributed by atoms with van der Waals surface area (Å²) in [5, 5.41) is 2.80. The van der Waals surface area contributed by atoms with Crippen LogP contribution in [0.25, 0.3) is 0 Å². The highest BCUT2D eigenvalue weighted by atomic mass is 32.2. The van der Waals surface area contributed by atoms with E-state index in [0.717, 1.165) is 9.87 Å². The van der Waals surface area contributed by atoms with Crippen LogP contribution in [-0.4, -0.2) is 19.5 Å². The topological polar surface area (TPSA) is 87.0 Å². The zero-order chi connectivity index (χ0) is 16.0. The van der Waals surface area contributed by atoms with E-state index in [0.29, 0.717) is 17.7 Å². The summed E-state index contributed by atoms with van der Waals surface area (Å²) in [6.07, 6.45) is 0.306. The molecule has 2 aromatic carbocycles. The highest BCUT2D eigenvalue weighted by Crippen LogP contribution is 2.25. The zero-order valence-corrected chi connectivity index (χ0v) is 12.6. The molecule has 0 heterocycles. The fraction of sp³-hybridized carbons (Fsp3) is 0.200. The molecule has 0 aliphatic heterocycles. The van der Waals surface area contributed by atoms with E-state index in [-0.39, 0.29) is 13.1 Å². The third-order valence-corrected chi connectivity index (χ3v) is 4.06. The predicted molar refractivity (Wildman–Crippen MR) is 85.0 cm³/mol. The standard InChI is InChI=1S/C15H16N2O4S/c18-16-11-10-14-8-4-5-9-15(14)17(22(19,20)21)12-13-6-2-1-3-7-13/h1-9H,10-12H2,(H,19,20,21). The summed E-state index contributed by atoms with van der Waals surface area (Å²) < 4.78 is 34.0. The van der Waals surface area contributed by atoms with Crippen LogP contribution < -0.4 is 4.31 Å². The van der Waals surface area contributed by atoms with E-state index in [2.05, 4.69) is 5.18 Å². The number of hydrogen-bond donors (Lipinski definition) is 1. The molecule has 22 heavy (non-hydrogen) atoms. The average Bonchev–Trinajstić information content (AvgIpc) is 2.51. The molecule has 7 heteroatoms. The third-order valence-electron chi connectivity index (χ3n) is 3.18. The van der Waals surface area contributed by atoms with E-state index in [9.17, 15) is 17.9 Å². The number of para-hydroxylation sites is 1. The van der Waals surface area contributed by atoms with Crippen molar-refractivity contribution in [2.24, 2.45) is 5.18 Å². The minimum atomic E-state index is -4.44. The first-order valence-electron chi connectivity index (χ1n) is 6.68. The Hall–Kier alpha value is -2.25. The molecule has 0 saturated heterocycles. The van der Waals surface area contributed by atoms with Crippen molar-refractivity contribution in [1.29, 1.82) is 0 Å². The summed E-state index contributed by atoms with van der Waals surface area (Å²) in [4.78, 5) is 10.3. The first-order chi connectivity index (χ1) is 10.5. The number of hydrogen-bond acceptors (Lipinski definition) is 4. The first kappa shape index (κ1) is 16.1. The van der Waals surface area contributed by atoms with E-state index >= 15 is 0 Å². The lowest BCUT2D eigenvalue weighted by Gasteiger charge is -2.23. The fourth-order valence-electron chi connectivity index (χ4n) is 2.17. The van der Waals surface area contributed by atoms with Crippen molar-refractivity contribution in [1.82, 2.24) is 0 Å². The number of nitrogens with zero attached hydrogens (tertiary/aromatic N) is 2. The largest absolute Gasteiger partial charge is 0.360 e. The van der Waals surface area contributed by atoms with E-state index in [1.54, 1.807) is 48.5 Å². The Morgan fingerprint density at radius 2 is 1.64 bits per heavy atom. The van der Waals surface area contributed by atoms with Crippen molar-refractivity contribution >= 4 is 16.0 Å². The third kappa shape index (κ3) is 4.12. The SMILES string of the molecule is O=NCCc1ccccc1N(Cc1ccccc1)S(=O)(=O)O. The van der Waals surface area contributed by atoms with Gasteiger partial charge in [0.2, 0.25) is 0 Å². The molecule has 0 aliphatic rings. The number of nitroso groups, excluding NO2 is 1. The molecule has 0 spiro atoms. The minimum Gasteiger partial charge on any atom is -0.269 e. The van der Waals surface area contributed by atoms with Gasteiger partial charge in [-0.15, -0.1) is 0 Å². The molecule has 1 N–H and O–H groups in total. The second kappa shape index (κ2) is 7.15. The van der Waals surface area contributed by atoms with Crippen LogP contribution in [0.1, 0.15) is 11.1 Å². The van der Waals surface area contributed by atoms with Crippen molar-refractivity contribution in [3.8, 4) is 0 Å². The van der Waals surface area contributed by atoms with Crippen LogP contribution in [0, 0.1) is 4.91 Å². The van der Waals surface area contributed by atoms with Gasteiger partial charge < -0.3 is 0 Å². The monoisotopic (exact) mass is 320 g/mol. The predicted octanol–water partition coefficient (Wildman–Crippen LogP) is 2.80. The molecule has 2 aromatic rings. The summed E-state index contributed by atoms with van der Waals surface area (Å²) in [6, 6.07) is 15.7. The van der Waals surface area contributed by atoms with Gasteiger partial charge in [0.05, 0.1) is 18.8 Å². The van der Waals surface area contributed by atoms with Gasteiger partial charge in [-0.3, -0.25) is 4.55 Å². The Balaban J connectivity index is 2.40. The Bertz CT molecular complexity index is 732. The van der Waals surface area contributed by atoms with Crippen molar-refractivity contribution in [3.63, 3.8) is 0 Å². The highest BCUT2D eigenvalue weighted by molar-refractivity contribution is 7.87. The van der Waals surface area contributed by atoms with Gasteiger partial charge in [0, 0.05) is 0 Å². The molecular formula is C15H16N2O4S. The van der Waals surface area contributed by atoms with Gasteiger partial charge in [-0.1, -0.05) is 53.7 Å². The van der Waals surface area contributed by atoms with Crippen LogP contribution >= 0.6 is 0 Å². The Morgan fingerprint density at radius 1 is 1.00 bits per heavy atom. The van der Waals surface area contributed by atoms with Gasteiger partial charge in [0.15, 0.2) is 0 Å². The highest BCUT2D eigenvalue weighted by Gasteiger charge is 2.22. The molecule has 0 saturated carbocycles. The van der Waals surface area contributed by atoms with Crippen LogP contribution in [0.4, 0.5) is 5.69 Å². The summed E-state index contributed by atoms with van der Waals surface area (Å²) in [6.45, 7) is 0.0485. The smallest absolute Gasteiger partial charge is 0.269 e. The molecular weight excluding hydrogens is 304 g/mol. The molecule has 116 valence electrons. The number of anilines is 1. The molecule has 0 unspecified atom stereocenters. The summed E-state index contributed by atoms with van der Waals surface area (Å²) in [5.74, 6) is 0. The molecule has 0 bridgehead atoms. The van der Waals surface area contributed by atoms with Gasteiger partial charge in [0.1, 0.15) is 0 Å². The Kier molecular flexibility index (Phi) is 5.24. The molecule has 0 aliphatic carbocycles. The van der Waals surface area contributed by atoms with Gasteiger partial charge in [-0.05, 0) is 23.6 Å². The van der Waals surface area contributed by atoms with E-state index in [1.165, 1.54) is 0 Å². The minimum absolute atomic E-state index is 0.00516. The molecule has 6 nitrogen and oxygen atoms in total. The van der Waals surface area contributed by atoms with E-state index < -0.39 is 10.3 Å². The second-order valence-corrected chi connectivity index (χ2v) is 6.04. The summed E-state index contributed by atoms with van der Waals surface area (Å²) in [7, 11) is -4.44. The number of benzene rings is 2. The van der Waals surface area contributed by atoms with Crippen LogP contribution in [0.5, 0.6) is 0 Å². The van der Waals surface area contributed by atoms with E-state index in [1.807, 2.05) is 6.07 Å². The second-order valence-electron chi connectivity index (χ2n) is 4.70. The quantitative estimate of drug-likeness (QED) is 0.627.